The monoisotopic (exact) mass is 1140 g/mol. The van der Waals surface area contributed by atoms with Crippen LogP contribution in [0.2, 0.25) is 5.02 Å². The summed E-state index contributed by atoms with van der Waals surface area (Å²) in [7, 11) is -6.33. The maximum absolute atomic E-state index is 13.5. The van der Waals surface area contributed by atoms with Crippen LogP contribution in [0.5, 0.6) is 0 Å². The van der Waals surface area contributed by atoms with Crippen molar-refractivity contribution in [2.75, 3.05) is 39.6 Å². The molecule has 1 aromatic carbocycles. The highest BCUT2D eigenvalue weighted by molar-refractivity contribution is 7.88. The molecule has 0 radical (unpaired) electrons. The topological polar surface area (TPSA) is 281 Å². The van der Waals surface area contributed by atoms with Gasteiger partial charge in [0.15, 0.2) is 0 Å². The van der Waals surface area contributed by atoms with Gasteiger partial charge in [0, 0.05) is 18.5 Å². The molecule has 19 nitrogen and oxygen atoms in total. The summed E-state index contributed by atoms with van der Waals surface area (Å²) in [4.78, 5) is 69.5. The van der Waals surface area contributed by atoms with Gasteiger partial charge in [-0.25, -0.2) is 9.18 Å². The number of alkyl halides is 6. The molecule has 1 aromatic heterocycles. The van der Waals surface area contributed by atoms with Crippen LogP contribution >= 0.6 is 11.6 Å². The number of amides is 2. The molecule has 0 saturated heterocycles. The third-order valence-electron chi connectivity index (χ3n) is 14.1. The fraction of sp³-hybridized carbons (Fsp3) is 0.681. The third kappa shape index (κ3) is 16.4. The number of ether oxygens (including phenoxy) is 4. The highest BCUT2D eigenvalue weighted by Crippen LogP contribution is 2.48. The van der Waals surface area contributed by atoms with E-state index in [0.29, 0.717) is 75.3 Å². The second kappa shape index (κ2) is 27.9. The van der Waals surface area contributed by atoms with Crippen molar-refractivity contribution in [3.8, 4) is 11.3 Å². The number of carboxylic acid groups (broad SMARTS) is 2. The van der Waals surface area contributed by atoms with Crippen molar-refractivity contribution in [2.45, 2.75) is 142 Å². The van der Waals surface area contributed by atoms with Crippen LogP contribution in [0.25, 0.3) is 11.3 Å². The van der Waals surface area contributed by atoms with Crippen molar-refractivity contribution in [1.82, 2.24) is 14.7 Å². The number of nitrogens with zero attached hydrogens (tertiary/aromatic N) is 3. The Labute approximate surface area is 437 Å². The average Bonchev–Trinajstić information content (AvgIpc) is 3.67. The molecule has 2 aromatic rings. The second-order valence-electron chi connectivity index (χ2n) is 18.8. The van der Waals surface area contributed by atoms with Crippen LogP contribution in [0.15, 0.2) is 18.2 Å². The van der Waals surface area contributed by atoms with Crippen LogP contribution in [0, 0.1) is 27.5 Å². The van der Waals surface area contributed by atoms with Gasteiger partial charge in [0.1, 0.15) is 11.5 Å². The first-order chi connectivity index (χ1) is 35.4. The normalized spacial score (nSPS) is 18.2. The Balaban J connectivity index is 0.000000273. The number of hydrogen-bond donors (Lipinski definition) is 4. The molecule has 430 valence electrons. The molecule has 5 aliphatic rings. The van der Waals surface area contributed by atoms with Gasteiger partial charge < -0.3 is 44.9 Å². The van der Waals surface area contributed by atoms with Crippen molar-refractivity contribution in [3.63, 3.8) is 0 Å². The van der Waals surface area contributed by atoms with Crippen molar-refractivity contribution < 1.29 is 106 Å². The number of carbonyl (C=O) groups is 6. The molecule has 2 amide bonds. The van der Waals surface area contributed by atoms with Crippen molar-refractivity contribution in [1.29, 1.82) is 0 Å². The molecule has 1 aliphatic heterocycles. The minimum atomic E-state index is -6.33. The van der Waals surface area contributed by atoms with Crippen LogP contribution in [0.3, 0.4) is 0 Å². The number of hydrogen-bond acceptors (Lipinski definition) is 14. The quantitative estimate of drug-likeness (QED) is 0.0591. The van der Waals surface area contributed by atoms with Crippen LogP contribution in [0.1, 0.15) is 127 Å². The zero-order valence-corrected chi connectivity index (χ0v) is 43.5. The fourth-order valence-electron chi connectivity index (χ4n) is 8.58. The lowest BCUT2D eigenvalue weighted by molar-refractivity contribution is -0.188. The van der Waals surface area contributed by atoms with Gasteiger partial charge in [-0.2, -0.15) is 39.9 Å². The number of fused-ring (bicyclic) bond motifs is 1. The Hall–Kier alpha value is -5.19. The van der Waals surface area contributed by atoms with E-state index in [0.717, 1.165) is 51.4 Å². The number of aliphatic carboxylic acids is 2. The number of carbonyl (C=O) groups excluding carboxylic acids is 4. The number of esters is 2. The number of aliphatic hydroxyl groups excluding tert-OH is 1. The van der Waals surface area contributed by atoms with Crippen LogP contribution < -0.4 is 5.73 Å². The molecule has 0 bridgehead atoms. The van der Waals surface area contributed by atoms with E-state index in [4.69, 9.17) is 42.1 Å². The van der Waals surface area contributed by atoms with E-state index in [1.165, 1.54) is 24.6 Å². The number of aliphatic hydroxyl groups is 1. The zero-order chi connectivity index (χ0) is 57.5. The van der Waals surface area contributed by atoms with Crippen molar-refractivity contribution in [2.24, 2.45) is 27.4 Å². The van der Waals surface area contributed by atoms with E-state index < -0.39 is 74.6 Å². The van der Waals surface area contributed by atoms with Gasteiger partial charge in [-0.05, 0) is 95.2 Å². The van der Waals surface area contributed by atoms with Gasteiger partial charge in [-0.3, -0.25) is 28.7 Å². The number of benzene rings is 1. The maximum atomic E-state index is 13.5. The largest absolute Gasteiger partial charge is 0.481 e. The van der Waals surface area contributed by atoms with Gasteiger partial charge >= 0.3 is 52.6 Å². The van der Waals surface area contributed by atoms with Crippen molar-refractivity contribution in [3.05, 3.63) is 40.3 Å². The maximum Gasteiger partial charge on any atom is 0.470 e. The Kier molecular flexibility index (Phi) is 23.9. The lowest BCUT2D eigenvalue weighted by Crippen LogP contribution is -2.43. The minimum Gasteiger partial charge on any atom is -0.481 e. The number of carboxylic acids is 2. The zero-order valence-electron chi connectivity index (χ0n) is 41.9. The van der Waals surface area contributed by atoms with Crippen molar-refractivity contribution >= 4 is 57.5 Å². The molecule has 2 heterocycles. The van der Waals surface area contributed by atoms with Gasteiger partial charge in [-0.1, -0.05) is 48.1 Å². The van der Waals surface area contributed by atoms with Gasteiger partial charge in [0.25, 0.3) is 5.91 Å². The number of rotatable bonds is 19. The number of aromatic nitrogens is 2. The standard InChI is InChI=1S/C21H24ClFN4O2.C9H14F2O3.C8H14O3.C7H10F2O3.C2HF3O4S/c1-2-21(6-3-7-21)11-17(28)26-8-9-27-16(12-26)18(20(24)29)19(25-27)13-4-5-15(23)14(22)10-13;1-2-13-7(12)9(4-3-5-9)6-14-8(10)11;1-2-11-7(10)8(6-9)4-3-5-8;8-6(9)12-4-7(5(10)11)2-1-3-7;3-2(4,1(6)7)10(5,8)9/h4-5,10H,2-3,6-9,11-12H2,1H3,(H2,24,29);8H,2-6H2,1H3;9H,2-6H2,1H3;6H,1-4H2,(H,10,11);(H,6,7). The molecular weight excluding hydrogens is 1080 g/mol. The Morgan fingerprint density at radius 3 is 1.63 bits per heavy atom. The summed E-state index contributed by atoms with van der Waals surface area (Å²) in [5, 5.41) is 24.1. The predicted molar refractivity (Wildman–Crippen MR) is 251 cm³/mol. The molecule has 5 N–H and O–H groups in total. The smallest absolute Gasteiger partial charge is 0.470 e. The fourth-order valence-corrected chi connectivity index (χ4v) is 8.97. The minimum absolute atomic E-state index is 0.0499. The first kappa shape index (κ1) is 65.1. The molecule has 76 heavy (non-hydrogen) atoms. The summed E-state index contributed by atoms with van der Waals surface area (Å²) < 4.78 is 133. The summed E-state index contributed by atoms with van der Waals surface area (Å²) >= 11 is 5.90. The summed E-state index contributed by atoms with van der Waals surface area (Å²) in [5.74, 6) is -5.76. The molecule has 0 atom stereocenters. The predicted octanol–water partition coefficient (Wildman–Crippen LogP) is 7.87. The summed E-state index contributed by atoms with van der Waals surface area (Å²) in [6.45, 7) is 1.24. The number of halogens is 9. The molecule has 4 saturated carbocycles. The summed E-state index contributed by atoms with van der Waals surface area (Å²) in [6.07, 6.45) is 11.2. The van der Waals surface area contributed by atoms with E-state index >= 15 is 0 Å². The Morgan fingerprint density at radius 1 is 0.803 bits per heavy atom. The van der Waals surface area contributed by atoms with Gasteiger partial charge in [0.05, 0.1) is 78.6 Å². The number of primary amides is 1. The molecule has 29 heteroatoms. The lowest BCUT2D eigenvalue weighted by atomic mass is 9.65. The molecular formula is C47H63ClF8N4O15S. The third-order valence-corrected chi connectivity index (χ3v) is 15.2. The van der Waals surface area contributed by atoms with E-state index in [9.17, 15) is 71.8 Å². The van der Waals surface area contributed by atoms with Gasteiger partial charge in [0.2, 0.25) is 5.91 Å². The summed E-state index contributed by atoms with van der Waals surface area (Å²) in [6, 6.07) is 4.19. The van der Waals surface area contributed by atoms with E-state index in [1.807, 2.05) is 0 Å². The van der Waals surface area contributed by atoms with E-state index in [2.05, 4.69) is 21.5 Å². The molecule has 7 rings (SSSR count). The van der Waals surface area contributed by atoms with E-state index in [-0.39, 0.29) is 54.3 Å². The average molecular weight is 1140 g/mol. The lowest BCUT2D eigenvalue weighted by Gasteiger charge is -2.42. The SMILES string of the molecule is CCC1(CC(=O)N2CCn3nc(-c4ccc(F)c(Cl)c4)c(C(N)=O)c3C2)CCC1.CCOC(=O)C1(CO)CCC1.CCOC(=O)C1(COC(F)F)CCC1.O=C(O)C(F)(F)S(=O)(=O)F.O=C(O)C1(COC(F)F)CCC1. The highest BCUT2D eigenvalue weighted by atomic mass is 35.5. The Bertz CT molecular complexity index is 2440. The Morgan fingerprint density at radius 2 is 1.29 bits per heavy atom. The van der Waals surface area contributed by atoms with E-state index in [1.54, 1.807) is 23.4 Å². The second-order valence-corrected chi connectivity index (χ2v) is 20.6. The highest BCUT2D eigenvalue weighted by Gasteiger charge is 2.54. The van der Waals surface area contributed by atoms with Crippen LogP contribution in [-0.2, 0) is 66.2 Å². The van der Waals surface area contributed by atoms with Crippen LogP contribution in [0.4, 0.5) is 34.6 Å². The first-order valence-corrected chi connectivity index (χ1v) is 25.9. The van der Waals surface area contributed by atoms with Crippen LogP contribution in [-0.4, -0.2) is 132 Å². The molecule has 0 unspecified atom stereocenters. The first-order valence-electron chi connectivity index (χ1n) is 24.1. The van der Waals surface area contributed by atoms with Gasteiger partial charge in [-0.15, -0.1) is 0 Å². The molecule has 0 spiro atoms. The molecule has 4 fully saturated rings. The number of nitrogens with two attached hydrogens (primary N) is 1. The molecule has 4 aliphatic carbocycles. The summed E-state index contributed by atoms with van der Waals surface area (Å²) in [5.41, 5.74) is 5.20.